The Balaban J connectivity index is 2.59. The van der Waals surface area contributed by atoms with Gasteiger partial charge in [-0.3, -0.25) is 9.59 Å². The molecule has 18 heavy (non-hydrogen) atoms. The van der Waals surface area contributed by atoms with E-state index >= 15 is 0 Å². The maximum atomic E-state index is 11.6. The maximum absolute atomic E-state index is 11.6. The van der Waals surface area contributed by atoms with Gasteiger partial charge in [-0.15, -0.1) is 0 Å². The number of carbonyl (C=O) groups is 1. The fraction of sp³-hybridized carbons (Fsp3) is 0.0833. The minimum Gasteiger partial charge on any atom is -0.507 e. The van der Waals surface area contributed by atoms with Gasteiger partial charge in [0.15, 0.2) is 0 Å². The monoisotopic (exact) mass is 264 g/mol. The van der Waals surface area contributed by atoms with Crippen LogP contribution < -0.4 is 5.56 Å². The number of aromatic nitrogens is 2. The Morgan fingerprint density at radius 3 is 2.72 bits per heavy atom. The van der Waals surface area contributed by atoms with Crippen molar-refractivity contribution >= 4 is 17.5 Å². The highest BCUT2D eigenvalue weighted by atomic mass is 35.5. The van der Waals surface area contributed by atoms with Crippen LogP contribution in [0.5, 0.6) is 5.75 Å². The molecule has 0 unspecified atom stereocenters. The van der Waals surface area contributed by atoms with Gasteiger partial charge in [0.25, 0.3) is 5.56 Å². The van der Waals surface area contributed by atoms with Crippen LogP contribution in [0.1, 0.15) is 11.7 Å². The van der Waals surface area contributed by atoms with Crippen molar-refractivity contribution in [1.29, 1.82) is 0 Å². The third kappa shape index (κ3) is 2.26. The molecule has 0 aliphatic rings. The first-order chi connectivity index (χ1) is 8.49. The van der Waals surface area contributed by atoms with Crippen LogP contribution in [0.25, 0.3) is 11.1 Å². The molecule has 1 N–H and O–H groups in total. The Labute approximate surface area is 107 Å². The minimum atomic E-state index is -0.556. The van der Waals surface area contributed by atoms with Crippen molar-refractivity contribution in [2.24, 2.45) is 0 Å². The zero-order valence-electron chi connectivity index (χ0n) is 9.42. The molecule has 92 valence electrons. The van der Waals surface area contributed by atoms with Crippen molar-refractivity contribution in [2.45, 2.75) is 6.92 Å². The van der Waals surface area contributed by atoms with Gasteiger partial charge in [0, 0.05) is 29.1 Å². The van der Waals surface area contributed by atoms with E-state index in [-0.39, 0.29) is 5.75 Å². The molecule has 0 spiro atoms. The predicted octanol–water partition coefficient (Wildman–Crippen LogP) is 1.93. The van der Waals surface area contributed by atoms with Crippen LogP contribution in [0.4, 0.5) is 0 Å². The zero-order valence-corrected chi connectivity index (χ0v) is 10.2. The van der Waals surface area contributed by atoms with Gasteiger partial charge in [-0.25, -0.2) is 0 Å². The second-order valence-electron chi connectivity index (χ2n) is 3.67. The third-order valence-electron chi connectivity index (χ3n) is 2.37. The molecule has 1 aromatic heterocycles. The van der Waals surface area contributed by atoms with Gasteiger partial charge in [0.2, 0.25) is 5.91 Å². The summed E-state index contributed by atoms with van der Waals surface area (Å²) in [5, 5.41) is 13.9. The molecule has 0 bridgehead atoms. The lowest BCUT2D eigenvalue weighted by molar-refractivity contribution is 0.0915. The van der Waals surface area contributed by atoms with E-state index in [9.17, 15) is 14.7 Å². The largest absolute Gasteiger partial charge is 0.507 e. The van der Waals surface area contributed by atoms with E-state index in [1.165, 1.54) is 37.4 Å². The van der Waals surface area contributed by atoms with E-state index in [0.717, 1.165) is 4.68 Å². The molecule has 1 aromatic carbocycles. The van der Waals surface area contributed by atoms with Gasteiger partial charge in [0.1, 0.15) is 5.75 Å². The first kappa shape index (κ1) is 12.3. The number of rotatable bonds is 1. The van der Waals surface area contributed by atoms with Gasteiger partial charge in [-0.05, 0) is 18.2 Å². The molecule has 2 rings (SSSR count). The molecule has 0 saturated carbocycles. The van der Waals surface area contributed by atoms with Crippen LogP contribution in [-0.2, 0) is 0 Å². The van der Waals surface area contributed by atoms with Crippen molar-refractivity contribution < 1.29 is 9.90 Å². The molecule has 6 heteroatoms. The van der Waals surface area contributed by atoms with Crippen LogP contribution in [-0.4, -0.2) is 20.8 Å². The summed E-state index contributed by atoms with van der Waals surface area (Å²) in [6, 6.07) is 5.70. The molecular weight excluding hydrogens is 256 g/mol. The highest BCUT2D eigenvalue weighted by molar-refractivity contribution is 6.30. The maximum Gasteiger partial charge on any atom is 0.274 e. The Kier molecular flexibility index (Phi) is 3.16. The Morgan fingerprint density at radius 2 is 2.11 bits per heavy atom. The summed E-state index contributed by atoms with van der Waals surface area (Å²) in [6.07, 6.45) is 1.33. The lowest BCUT2D eigenvalue weighted by Gasteiger charge is -2.05. The fourth-order valence-corrected chi connectivity index (χ4v) is 1.70. The zero-order chi connectivity index (χ0) is 13.3. The molecule has 1 heterocycles. The summed E-state index contributed by atoms with van der Waals surface area (Å²) >= 11 is 5.82. The third-order valence-corrected chi connectivity index (χ3v) is 2.60. The summed E-state index contributed by atoms with van der Waals surface area (Å²) in [7, 11) is 0. The number of hydrogen-bond acceptors (Lipinski definition) is 4. The summed E-state index contributed by atoms with van der Waals surface area (Å²) in [5.74, 6) is -0.483. The van der Waals surface area contributed by atoms with E-state index in [0.29, 0.717) is 16.1 Å². The summed E-state index contributed by atoms with van der Waals surface area (Å²) in [4.78, 5) is 22.7. The van der Waals surface area contributed by atoms with E-state index in [1.807, 2.05) is 0 Å². The molecule has 0 aliphatic carbocycles. The number of benzene rings is 1. The number of carbonyl (C=O) groups excluding carboxylic acids is 1. The van der Waals surface area contributed by atoms with Gasteiger partial charge in [-0.1, -0.05) is 11.6 Å². The van der Waals surface area contributed by atoms with Crippen LogP contribution in [0.3, 0.4) is 0 Å². The van der Waals surface area contributed by atoms with Gasteiger partial charge in [0.05, 0.1) is 6.20 Å². The lowest BCUT2D eigenvalue weighted by atomic mass is 10.1. The van der Waals surface area contributed by atoms with E-state index < -0.39 is 11.5 Å². The summed E-state index contributed by atoms with van der Waals surface area (Å²) in [5.41, 5.74) is 0.236. The number of phenols is 1. The smallest absolute Gasteiger partial charge is 0.274 e. The van der Waals surface area contributed by atoms with Crippen LogP contribution in [0, 0.1) is 0 Å². The minimum absolute atomic E-state index is 0.0128. The second kappa shape index (κ2) is 4.62. The highest BCUT2D eigenvalue weighted by Gasteiger charge is 2.09. The van der Waals surface area contributed by atoms with Gasteiger partial charge >= 0.3 is 0 Å². The average Bonchev–Trinajstić information content (AvgIpc) is 2.31. The molecular formula is C12H9ClN2O3. The van der Waals surface area contributed by atoms with Crippen molar-refractivity contribution in [3.63, 3.8) is 0 Å². The lowest BCUT2D eigenvalue weighted by Crippen LogP contribution is -2.26. The van der Waals surface area contributed by atoms with Crippen molar-refractivity contribution in [3.05, 3.63) is 45.8 Å². The molecule has 0 aliphatic heterocycles. The van der Waals surface area contributed by atoms with Crippen molar-refractivity contribution in [1.82, 2.24) is 9.78 Å². The summed E-state index contributed by atoms with van der Waals surface area (Å²) in [6.45, 7) is 1.24. The Hall–Kier alpha value is -2.14. The molecule has 0 amide bonds. The quantitative estimate of drug-likeness (QED) is 0.854. The molecule has 0 atom stereocenters. The predicted molar refractivity (Wildman–Crippen MR) is 66.9 cm³/mol. The topological polar surface area (TPSA) is 72.2 Å². The summed E-state index contributed by atoms with van der Waals surface area (Å²) < 4.78 is 0.741. The van der Waals surface area contributed by atoms with Gasteiger partial charge < -0.3 is 5.11 Å². The fourth-order valence-electron chi connectivity index (χ4n) is 1.53. The number of nitrogens with zero attached hydrogens (tertiary/aromatic N) is 2. The van der Waals surface area contributed by atoms with E-state index in [1.54, 1.807) is 0 Å². The normalized spacial score (nSPS) is 10.3. The second-order valence-corrected chi connectivity index (χ2v) is 4.11. The highest BCUT2D eigenvalue weighted by Crippen LogP contribution is 2.30. The standard InChI is InChI=1S/C12H9ClN2O3/c1-7(16)15-12(18)4-8(6-14-15)10-5-9(13)2-3-11(10)17/h2-6,17H,1H3. The van der Waals surface area contributed by atoms with Crippen molar-refractivity contribution in [3.8, 4) is 16.9 Å². The van der Waals surface area contributed by atoms with Crippen LogP contribution in [0.15, 0.2) is 35.3 Å². The molecule has 2 aromatic rings. The first-order valence-electron chi connectivity index (χ1n) is 5.08. The molecule has 5 nitrogen and oxygen atoms in total. The molecule has 0 radical (unpaired) electrons. The number of phenolic OH excluding ortho intramolecular Hbond substituents is 1. The van der Waals surface area contributed by atoms with E-state index in [4.69, 9.17) is 11.6 Å². The van der Waals surface area contributed by atoms with Crippen molar-refractivity contribution in [2.75, 3.05) is 0 Å². The number of aromatic hydroxyl groups is 1. The van der Waals surface area contributed by atoms with E-state index in [2.05, 4.69) is 5.10 Å². The number of halogens is 1. The number of hydrogen-bond donors (Lipinski definition) is 1. The Morgan fingerprint density at radius 1 is 1.39 bits per heavy atom. The van der Waals surface area contributed by atoms with Crippen LogP contribution >= 0.6 is 11.6 Å². The first-order valence-corrected chi connectivity index (χ1v) is 5.46. The SMILES string of the molecule is CC(=O)n1ncc(-c2cc(Cl)ccc2O)cc1=O. The Bertz CT molecular complexity index is 679. The van der Waals surface area contributed by atoms with Crippen LogP contribution in [0.2, 0.25) is 5.02 Å². The average molecular weight is 265 g/mol. The van der Waals surface area contributed by atoms with Gasteiger partial charge in [-0.2, -0.15) is 9.78 Å². The molecule has 0 fully saturated rings. The molecule has 0 saturated heterocycles.